The second-order valence-corrected chi connectivity index (χ2v) is 3.76. The van der Waals surface area contributed by atoms with Gasteiger partial charge >= 0.3 is 0 Å². The van der Waals surface area contributed by atoms with Gasteiger partial charge in [0.15, 0.2) is 5.69 Å². The fraction of sp³-hybridized carbons (Fsp3) is 0.0769. The van der Waals surface area contributed by atoms with Gasteiger partial charge in [-0.1, -0.05) is 12.1 Å². The average Bonchev–Trinajstić information content (AvgIpc) is 2.38. The van der Waals surface area contributed by atoms with Crippen LogP contribution < -0.4 is 10.6 Å². The highest BCUT2D eigenvalue weighted by Crippen LogP contribution is 2.20. The van der Waals surface area contributed by atoms with Crippen LogP contribution in [-0.4, -0.2) is 17.9 Å². The summed E-state index contributed by atoms with van der Waals surface area (Å²) in [5.74, 6) is -0.916. The van der Waals surface area contributed by atoms with Crippen LogP contribution in [0.4, 0.5) is 15.8 Å². The molecule has 1 aromatic carbocycles. The Kier molecular flexibility index (Phi) is 3.23. The lowest BCUT2D eigenvalue weighted by Crippen LogP contribution is -2.28. The van der Waals surface area contributed by atoms with Gasteiger partial charge in [0.25, 0.3) is 5.91 Å². The number of halogens is 1. The van der Waals surface area contributed by atoms with Crippen LogP contribution in [0.5, 0.6) is 0 Å². The number of rotatable bonds is 2. The Labute approximate surface area is 104 Å². The molecule has 2 rings (SSSR count). The van der Waals surface area contributed by atoms with Gasteiger partial charge in [-0.2, -0.15) is 0 Å². The second kappa shape index (κ2) is 4.83. The van der Waals surface area contributed by atoms with Gasteiger partial charge in [-0.25, -0.2) is 9.37 Å². The lowest BCUT2D eigenvalue weighted by atomic mass is 10.2. The van der Waals surface area contributed by atoms with Crippen molar-refractivity contribution in [3.05, 3.63) is 54.1 Å². The van der Waals surface area contributed by atoms with E-state index in [1.54, 1.807) is 24.3 Å². The predicted molar refractivity (Wildman–Crippen MR) is 67.8 cm³/mol. The molecule has 0 unspecified atom stereocenters. The molecular weight excluding hydrogens is 233 g/mol. The zero-order valence-corrected chi connectivity index (χ0v) is 9.80. The van der Waals surface area contributed by atoms with Crippen LogP contribution in [0.3, 0.4) is 0 Å². The summed E-state index contributed by atoms with van der Waals surface area (Å²) in [7, 11) is 1.48. The number of carbonyl (C=O) groups excluding carboxylic acids is 1. The minimum atomic E-state index is -0.470. The van der Waals surface area contributed by atoms with E-state index in [9.17, 15) is 9.18 Å². The van der Waals surface area contributed by atoms with E-state index in [-0.39, 0.29) is 17.1 Å². The molecular formula is C13H12FN3O. The number of pyridine rings is 1. The number of para-hydroxylation sites is 1. The van der Waals surface area contributed by atoms with Gasteiger partial charge in [0, 0.05) is 13.2 Å². The maximum atomic E-state index is 13.6. The Morgan fingerprint density at radius 3 is 2.67 bits per heavy atom. The number of amides is 1. The summed E-state index contributed by atoms with van der Waals surface area (Å²) in [4.78, 5) is 17.2. The third-order valence-corrected chi connectivity index (χ3v) is 2.56. The van der Waals surface area contributed by atoms with E-state index in [0.717, 1.165) is 0 Å². The van der Waals surface area contributed by atoms with Crippen molar-refractivity contribution >= 4 is 17.3 Å². The van der Waals surface area contributed by atoms with Crippen molar-refractivity contribution in [2.24, 2.45) is 0 Å². The highest BCUT2D eigenvalue weighted by molar-refractivity contribution is 6.07. The van der Waals surface area contributed by atoms with Gasteiger partial charge < -0.3 is 10.6 Å². The van der Waals surface area contributed by atoms with Crippen LogP contribution in [0.2, 0.25) is 0 Å². The minimum absolute atomic E-state index is 0.114. The van der Waals surface area contributed by atoms with Crippen molar-refractivity contribution in [2.45, 2.75) is 0 Å². The van der Waals surface area contributed by atoms with E-state index in [4.69, 9.17) is 5.73 Å². The van der Waals surface area contributed by atoms with Gasteiger partial charge in [0.2, 0.25) is 0 Å². The number of nitrogen functional groups attached to an aromatic ring is 1. The molecule has 0 fully saturated rings. The Morgan fingerprint density at radius 1 is 1.28 bits per heavy atom. The molecule has 0 radical (unpaired) electrons. The first-order chi connectivity index (χ1) is 8.61. The SMILES string of the molecule is CN(C(=O)c1ncccc1N)c1ccccc1F. The summed E-state index contributed by atoms with van der Waals surface area (Å²) in [6.45, 7) is 0. The summed E-state index contributed by atoms with van der Waals surface area (Å²) in [5, 5.41) is 0. The molecule has 0 saturated carbocycles. The maximum Gasteiger partial charge on any atom is 0.278 e. The van der Waals surface area contributed by atoms with Gasteiger partial charge in [-0.05, 0) is 24.3 Å². The average molecular weight is 245 g/mol. The van der Waals surface area contributed by atoms with E-state index >= 15 is 0 Å². The molecule has 2 N–H and O–H groups in total. The van der Waals surface area contributed by atoms with Crippen molar-refractivity contribution in [3.63, 3.8) is 0 Å². The van der Waals surface area contributed by atoms with Gasteiger partial charge in [-0.3, -0.25) is 4.79 Å². The largest absolute Gasteiger partial charge is 0.397 e. The van der Waals surface area contributed by atoms with Crippen molar-refractivity contribution in [1.29, 1.82) is 0 Å². The molecule has 0 atom stereocenters. The summed E-state index contributed by atoms with van der Waals surface area (Å²) in [6, 6.07) is 9.24. The van der Waals surface area contributed by atoms with Crippen molar-refractivity contribution in [3.8, 4) is 0 Å². The molecule has 0 spiro atoms. The Bertz CT molecular complexity index is 586. The summed E-state index contributed by atoms with van der Waals surface area (Å²) < 4.78 is 13.6. The van der Waals surface area contributed by atoms with Crippen LogP contribution in [-0.2, 0) is 0 Å². The predicted octanol–water partition coefficient (Wildman–Crippen LogP) is 2.08. The van der Waals surface area contributed by atoms with Crippen LogP contribution in [0.15, 0.2) is 42.6 Å². The monoisotopic (exact) mass is 245 g/mol. The summed E-state index contributed by atoms with van der Waals surface area (Å²) >= 11 is 0. The van der Waals surface area contributed by atoms with Crippen molar-refractivity contribution < 1.29 is 9.18 Å². The first-order valence-electron chi connectivity index (χ1n) is 5.34. The number of hydrogen-bond donors (Lipinski definition) is 1. The first kappa shape index (κ1) is 12.0. The topological polar surface area (TPSA) is 59.2 Å². The molecule has 2 aromatic rings. The first-order valence-corrected chi connectivity index (χ1v) is 5.34. The van der Waals surface area contributed by atoms with Gasteiger partial charge in [0.05, 0.1) is 11.4 Å². The molecule has 92 valence electrons. The standard InChI is InChI=1S/C13H12FN3O/c1-17(11-7-3-2-5-9(11)14)13(18)12-10(15)6-4-8-16-12/h2-8H,15H2,1H3. The molecule has 1 aromatic heterocycles. The molecule has 0 saturated heterocycles. The number of nitrogens with two attached hydrogens (primary N) is 1. The molecule has 0 aliphatic carbocycles. The number of nitrogens with zero attached hydrogens (tertiary/aromatic N) is 2. The number of anilines is 2. The summed E-state index contributed by atoms with van der Waals surface area (Å²) in [6.07, 6.45) is 1.47. The molecule has 0 bridgehead atoms. The number of aromatic nitrogens is 1. The van der Waals surface area contributed by atoms with E-state index < -0.39 is 11.7 Å². The molecule has 1 heterocycles. The van der Waals surface area contributed by atoms with Crippen LogP contribution in [0.1, 0.15) is 10.5 Å². The van der Waals surface area contributed by atoms with E-state index in [0.29, 0.717) is 0 Å². The molecule has 18 heavy (non-hydrogen) atoms. The third-order valence-electron chi connectivity index (χ3n) is 2.56. The van der Waals surface area contributed by atoms with Crippen molar-refractivity contribution in [1.82, 2.24) is 4.98 Å². The lowest BCUT2D eigenvalue weighted by molar-refractivity contribution is 0.0988. The van der Waals surface area contributed by atoms with E-state index in [1.807, 2.05) is 0 Å². The van der Waals surface area contributed by atoms with E-state index in [2.05, 4.69) is 4.98 Å². The van der Waals surface area contributed by atoms with E-state index in [1.165, 1.54) is 30.3 Å². The van der Waals surface area contributed by atoms with Crippen LogP contribution in [0, 0.1) is 5.82 Å². The fourth-order valence-corrected chi connectivity index (χ4v) is 1.59. The normalized spacial score (nSPS) is 10.1. The van der Waals surface area contributed by atoms with Gasteiger partial charge in [-0.15, -0.1) is 0 Å². The van der Waals surface area contributed by atoms with Crippen LogP contribution >= 0.6 is 0 Å². The number of carbonyl (C=O) groups is 1. The van der Waals surface area contributed by atoms with Gasteiger partial charge in [0.1, 0.15) is 5.82 Å². The summed E-state index contributed by atoms with van der Waals surface area (Å²) in [5.41, 5.74) is 6.24. The highest BCUT2D eigenvalue weighted by Gasteiger charge is 2.19. The lowest BCUT2D eigenvalue weighted by Gasteiger charge is -2.18. The third kappa shape index (κ3) is 2.15. The van der Waals surface area contributed by atoms with Crippen LogP contribution in [0.25, 0.3) is 0 Å². The zero-order valence-electron chi connectivity index (χ0n) is 9.80. The molecule has 0 aliphatic rings. The molecule has 4 nitrogen and oxygen atoms in total. The smallest absolute Gasteiger partial charge is 0.278 e. The zero-order chi connectivity index (χ0) is 13.1. The number of benzene rings is 1. The Hall–Kier alpha value is -2.43. The highest BCUT2D eigenvalue weighted by atomic mass is 19.1. The fourth-order valence-electron chi connectivity index (χ4n) is 1.59. The molecule has 1 amide bonds. The quantitative estimate of drug-likeness (QED) is 0.881. The molecule has 5 heteroatoms. The second-order valence-electron chi connectivity index (χ2n) is 3.76. The maximum absolute atomic E-state index is 13.6. The minimum Gasteiger partial charge on any atom is -0.397 e. The Morgan fingerprint density at radius 2 is 2.00 bits per heavy atom. The Balaban J connectivity index is 2.36. The molecule has 0 aliphatic heterocycles. The van der Waals surface area contributed by atoms with Crippen molar-refractivity contribution in [2.75, 3.05) is 17.7 Å². The number of hydrogen-bond acceptors (Lipinski definition) is 3.